The third-order valence-electron chi connectivity index (χ3n) is 2.22. The van der Waals surface area contributed by atoms with E-state index in [2.05, 4.69) is 28.2 Å². The van der Waals surface area contributed by atoms with Crippen LogP contribution in [0.1, 0.15) is 12.5 Å². The summed E-state index contributed by atoms with van der Waals surface area (Å²) in [5, 5.41) is 3.18. The summed E-state index contributed by atoms with van der Waals surface area (Å²) in [6.07, 6.45) is 0. The molecule has 0 aromatic heterocycles. The lowest BCUT2D eigenvalue weighted by Crippen LogP contribution is -2.26. The molecule has 84 valence electrons. The first-order valence-corrected chi connectivity index (χ1v) is 5.77. The first kappa shape index (κ1) is 12.6. The van der Waals surface area contributed by atoms with Crippen molar-refractivity contribution < 1.29 is 4.39 Å². The average molecular weight is 275 g/mol. The molecule has 0 spiro atoms. The van der Waals surface area contributed by atoms with E-state index in [1.165, 1.54) is 6.07 Å². The predicted molar refractivity (Wildman–Crippen MR) is 64.0 cm³/mol. The molecular weight excluding hydrogens is 259 g/mol. The van der Waals surface area contributed by atoms with E-state index in [4.69, 9.17) is 5.73 Å². The second kappa shape index (κ2) is 6.20. The number of benzene rings is 1. The van der Waals surface area contributed by atoms with Crippen LogP contribution in [0.4, 0.5) is 4.39 Å². The summed E-state index contributed by atoms with van der Waals surface area (Å²) in [5.41, 5.74) is 6.16. The molecule has 0 aliphatic rings. The van der Waals surface area contributed by atoms with Gasteiger partial charge in [-0.25, -0.2) is 4.39 Å². The minimum atomic E-state index is -0.175. The Balaban J connectivity index is 2.46. The summed E-state index contributed by atoms with van der Waals surface area (Å²) in [5.74, 6) is 0.242. The molecule has 15 heavy (non-hydrogen) atoms. The van der Waals surface area contributed by atoms with Gasteiger partial charge in [-0.1, -0.05) is 22.9 Å². The molecule has 1 atom stereocenters. The van der Waals surface area contributed by atoms with Crippen LogP contribution in [0, 0.1) is 11.7 Å². The molecule has 0 heterocycles. The predicted octanol–water partition coefficient (Wildman–Crippen LogP) is 2.27. The van der Waals surface area contributed by atoms with E-state index >= 15 is 0 Å². The molecule has 0 saturated carbocycles. The molecular formula is C11H16BrFN2. The van der Waals surface area contributed by atoms with Gasteiger partial charge < -0.3 is 11.1 Å². The van der Waals surface area contributed by atoms with E-state index in [0.717, 1.165) is 11.0 Å². The third-order valence-corrected chi connectivity index (χ3v) is 2.71. The average Bonchev–Trinajstić information content (AvgIpc) is 2.23. The molecule has 1 rings (SSSR count). The number of halogens is 2. The summed E-state index contributed by atoms with van der Waals surface area (Å²) >= 11 is 3.32. The second-order valence-electron chi connectivity index (χ2n) is 3.71. The van der Waals surface area contributed by atoms with Gasteiger partial charge >= 0.3 is 0 Å². The number of rotatable bonds is 5. The zero-order valence-electron chi connectivity index (χ0n) is 8.76. The van der Waals surface area contributed by atoms with E-state index in [1.54, 1.807) is 12.1 Å². The van der Waals surface area contributed by atoms with Gasteiger partial charge in [0.1, 0.15) is 5.82 Å². The van der Waals surface area contributed by atoms with Crippen molar-refractivity contribution in [2.45, 2.75) is 13.5 Å². The molecule has 0 aliphatic carbocycles. The van der Waals surface area contributed by atoms with E-state index in [-0.39, 0.29) is 5.82 Å². The molecule has 1 aromatic carbocycles. The Kier molecular flexibility index (Phi) is 5.22. The lowest BCUT2D eigenvalue weighted by molar-refractivity contribution is 0.511. The monoisotopic (exact) mass is 274 g/mol. The highest BCUT2D eigenvalue weighted by Gasteiger charge is 2.03. The second-order valence-corrected chi connectivity index (χ2v) is 4.62. The highest BCUT2D eigenvalue weighted by atomic mass is 79.9. The van der Waals surface area contributed by atoms with Crippen molar-refractivity contribution in [3.63, 3.8) is 0 Å². The van der Waals surface area contributed by atoms with Crippen LogP contribution in [0.5, 0.6) is 0 Å². The lowest BCUT2D eigenvalue weighted by atomic mass is 10.1. The van der Waals surface area contributed by atoms with Gasteiger partial charge in [0.15, 0.2) is 0 Å². The summed E-state index contributed by atoms with van der Waals surface area (Å²) < 4.78 is 14.2. The fraction of sp³-hybridized carbons (Fsp3) is 0.455. The normalized spacial score (nSPS) is 12.8. The summed E-state index contributed by atoms with van der Waals surface area (Å²) in [6, 6.07) is 4.95. The van der Waals surface area contributed by atoms with Crippen LogP contribution in [0.15, 0.2) is 22.7 Å². The Morgan fingerprint density at radius 3 is 2.93 bits per heavy atom. The van der Waals surface area contributed by atoms with E-state index < -0.39 is 0 Å². The van der Waals surface area contributed by atoms with Gasteiger partial charge in [0.05, 0.1) is 0 Å². The summed E-state index contributed by atoms with van der Waals surface area (Å²) in [7, 11) is 0. The van der Waals surface area contributed by atoms with Crippen LogP contribution < -0.4 is 11.1 Å². The summed E-state index contributed by atoms with van der Waals surface area (Å²) in [6.45, 7) is 4.05. The highest BCUT2D eigenvalue weighted by molar-refractivity contribution is 9.10. The standard InChI is InChI=1S/C11H16BrFN2/c1-8(5-14)6-15-7-9-4-10(12)2-3-11(9)13/h2-4,8,15H,5-7,14H2,1H3. The quantitative estimate of drug-likeness (QED) is 0.865. The van der Waals surface area contributed by atoms with Crippen LogP contribution in [-0.4, -0.2) is 13.1 Å². The summed E-state index contributed by atoms with van der Waals surface area (Å²) in [4.78, 5) is 0. The maximum Gasteiger partial charge on any atom is 0.127 e. The molecule has 0 aliphatic heterocycles. The van der Waals surface area contributed by atoms with Crippen molar-refractivity contribution in [2.24, 2.45) is 11.7 Å². The fourth-order valence-electron chi connectivity index (χ4n) is 1.22. The van der Waals surface area contributed by atoms with Crippen molar-refractivity contribution in [3.8, 4) is 0 Å². The van der Waals surface area contributed by atoms with Gasteiger partial charge in [-0.2, -0.15) is 0 Å². The van der Waals surface area contributed by atoms with Gasteiger partial charge in [-0.3, -0.25) is 0 Å². The zero-order chi connectivity index (χ0) is 11.3. The first-order chi connectivity index (χ1) is 7.13. The molecule has 0 bridgehead atoms. The van der Waals surface area contributed by atoms with Crippen LogP contribution in [0.25, 0.3) is 0 Å². The Morgan fingerprint density at radius 2 is 2.27 bits per heavy atom. The van der Waals surface area contributed by atoms with E-state index in [9.17, 15) is 4.39 Å². The Hall–Kier alpha value is -0.450. The molecule has 0 saturated heterocycles. The minimum Gasteiger partial charge on any atom is -0.330 e. The smallest absolute Gasteiger partial charge is 0.127 e. The molecule has 4 heteroatoms. The van der Waals surface area contributed by atoms with Crippen molar-refractivity contribution in [3.05, 3.63) is 34.1 Å². The van der Waals surface area contributed by atoms with Crippen molar-refractivity contribution in [1.82, 2.24) is 5.32 Å². The topological polar surface area (TPSA) is 38.0 Å². The maximum atomic E-state index is 13.3. The Bertz CT molecular complexity index is 317. The molecule has 0 fully saturated rings. The van der Waals surface area contributed by atoms with Gasteiger partial charge in [0.2, 0.25) is 0 Å². The minimum absolute atomic E-state index is 0.175. The van der Waals surface area contributed by atoms with Crippen molar-refractivity contribution in [1.29, 1.82) is 0 Å². The molecule has 1 aromatic rings. The van der Waals surface area contributed by atoms with Gasteiger partial charge in [0, 0.05) is 16.6 Å². The SMILES string of the molecule is CC(CN)CNCc1cc(Br)ccc1F. The van der Waals surface area contributed by atoms with Crippen LogP contribution in [0.3, 0.4) is 0 Å². The maximum absolute atomic E-state index is 13.3. The largest absolute Gasteiger partial charge is 0.330 e. The van der Waals surface area contributed by atoms with Crippen LogP contribution in [-0.2, 0) is 6.54 Å². The highest BCUT2D eigenvalue weighted by Crippen LogP contribution is 2.15. The lowest BCUT2D eigenvalue weighted by Gasteiger charge is -2.10. The molecule has 2 nitrogen and oxygen atoms in total. The first-order valence-electron chi connectivity index (χ1n) is 4.98. The third kappa shape index (κ3) is 4.28. The van der Waals surface area contributed by atoms with Gasteiger partial charge in [-0.05, 0) is 37.2 Å². The van der Waals surface area contributed by atoms with Crippen LogP contribution >= 0.6 is 15.9 Å². The number of hydrogen-bond donors (Lipinski definition) is 2. The Labute approximate surface area is 98.2 Å². The zero-order valence-corrected chi connectivity index (χ0v) is 10.3. The van der Waals surface area contributed by atoms with E-state index in [0.29, 0.717) is 24.6 Å². The van der Waals surface area contributed by atoms with Crippen LogP contribution in [0.2, 0.25) is 0 Å². The molecule has 3 N–H and O–H groups in total. The fourth-order valence-corrected chi connectivity index (χ4v) is 1.62. The number of nitrogens with one attached hydrogen (secondary N) is 1. The molecule has 1 unspecified atom stereocenters. The van der Waals surface area contributed by atoms with E-state index in [1.807, 2.05) is 0 Å². The molecule has 0 amide bonds. The Morgan fingerprint density at radius 1 is 1.53 bits per heavy atom. The van der Waals surface area contributed by atoms with Crippen molar-refractivity contribution in [2.75, 3.05) is 13.1 Å². The van der Waals surface area contributed by atoms with Gasteiger partial charge in [0.25, 0.3) is 0 Å². The molecule has 0 radical (unpaired) electrons. The number of nitrogens with two attached hydrogens (primary N) is 1. The number of hydrogen-bond acceptors (Lipinski definition) is 2. The van der Waals surface area contributed by atoms with Gasteiger partial charge in [-0.15, -0.1) is 0 Å². The van der Waals surface area contributed by atoms with Crippen molar-refractivity contribution >= 4 is 15.9 Å².